The Bertz CT molecular complexity index is 543. The maximum atomic E-state index is 11.2. The second-order valence-corrected chi connectivity index (χ2v) is 3.69. The fourth-order valence-electron chi connectivity index (χ4n) is 1.55. The van der Waals surface area contributed by atoms with Crippen LogP contribution in [0.15, 0.2) is 12.3 Å². The van der Waals surface area contributed by atoms with Gasteiger partial charge in [0.25, 0.3) is 0 Å². The summed E-state index contributed by atoms with van der Waals surface area (Å²) in [7, 11) is 3.17. The van der Waals surface area contributed by atoms with Crippen LogP contribution in [0.3, 0.4) is 0 Å². The lowest BCUT2D eigenvalue weighted by Gasteiger charge is -2.00. The molecule has 0 bridgehead atoms. The fraction of sp³-hybridized carbons (Fsp3) is 0.400. The standard InChI is InChI=1S/C10H13N5O2/c1-7-4-8(14(2)12-7)5-15-6-9(11-13-15)10(16)17-3/h4,6H,5H2,1-3H3. The molecular weight excluding hydrogens is 222 g/mol. The summed E-state index contributed by atoms with van der Waals surface area (Å²) in [5.41, 5.74) is 2.13. The first kappa shape index (κ1) is 11.3. The lowest BCUT2D eigenvalue weighted by Crippen LogP contribution is -2.06. The summed E-state index contributed by atoms with van der Waals surface area (Å²) in [6.45, 7) is 2.44. The molecule has 0 spiro atoms. The molecule has 0 unspecified atom stereocenters. The van der Waals surface area contributed by atoms with Gasteiger partial charge in [-0.05, 0) is 13.0 Å². The number of aromatic nitrogens is 5. The predicted octanol–water partition coefficient (Wildman–Crippen LogP) is 0.155. The Morgan fingerprint density at radius 1 is 1.53 bits per heavy atom. The number of carbonyl (C=O) groups excluding carboxylic acids is 1. The number of hydrogen-bond donors (Lipinski definition) is 0. The molecule has 7 heteroatoms. The van der Waals surface area contributed by atoms with E-state index in [0.717, 1.165) is 11.4 Å². The van der Waals surface area contributed by atoms with Crippen molar-refractivity contribution in [3.05, 3.63) is 29.3 Å². The van der Waals surface area contributed by atoms with Gasteiger partial charge in [0.1, 0.15) is 0 Å². The highest BCUT2D eigenvalue weighted by molar-refractivity contribution is 5.86. The van der Waals surface area contributed by atoms with Crippen LogP contribution in [0.25, 0.3) is 0 Å². The minimum absolute atomic E-state index is 0.200. The van der Waals surface area contributed by atoms with E-state index in [-0.39, 0.29) is 5.69 Å². The van der Waals surface area contributed by atoms with Crippen LogP contribution in [0.1, 0.15) is 21.9 Å². The van der Waals surface area contributed by atoms with Crippen LogP contribution in [0.2, 0.25) is 0 Å². The lowest BCUT2D eigenvalue weighted by atomic mass is 10.3. The highest BCUT2D eigenvalue weighted by atomic mass is 16.5. The molecule has 17 heavy (non-hydrogen) atoms. The molecule has 0 saturated carbocycles. The van der Waals surface area contributed by atoms with E-state index >= 15 is 0 Å². The Morgan fingerprint density at radius 3 is 2.88 bits per heavy atom. The molecule has 0 amide bonds. The summed E-state index contributed by atoms with van der Waals surface area (Å²) in [6, 6.07) is 1.96. The summed E-state index contributed by atoms with van der Waals surface area (Å²) in [5, 5.41) is 11.8. The second-order valence-electron chi connectivity index (χ2n) is 3.69. The van der Waals surface area contributed by atoms with Crippen LogP contribution in [-0.4, -0.2) is 37.9 Å². The Hall–Kier alpha value is -2.18. The zero-order chi connectivity index (χ0) is 12.4. The van der Waals surface area contributed by atoms with Crippen molar-refractivity contribution in [2.75, 3.05) is 7.11 Å². The zero-order valence-electron chi connectivity index (χ0n) is 9.91. The number of rotatable bonds is 3. The molecule has 0 aromatic carbocycles. The third kappa shape index (κ3) is 2.32. The number of ether oxygens (including phenoxy) is 1. The molecule has 2 rings (SSSR count). The van der Waals surface area contributed by atoms with Crippen molar-refractivity contribution in [2.24, 2.45) is 7.05 Å². The molecule has 90 valence electrons. The summed E-state index contributed by atoms with van der Waals surface area (Å²) in [5.74, 6) is -0.488. The molecular formula is C10H13N5O2. The average Bonchev–Trinajstić information content (AvgIpc) is 2.86. The second kappa shape index (κ2) is 4.36. The molecule has 7 nitrogen and oxygen atoms in total. The van der Waals surface area contributed by atoms with Crippen LogP contribution in [0.4, 0.5) is 0 Å². The van der Waals surface area contributed by atoms with Gasteiger partial charge in [0.15, 0.2) is 5.69 Å². The van der Waals surface area contributed by atoms with Gasteiger partial charge in [-0.2, -0.15) is 5.10 Å². The Balaban J connectivity index is 2.17. The quantitative estimate of drug-likeness (QED) is 0.708. The van der Waals surface area contributed by atoms with E-state index in [1.807, 2.05) is 20.0 Å². The van der Waals surface area contributed by atoms with E-state index in [1.54, 1.807) is 15.6 Å². The molecule has 0 aliphatic rings. The summed E-state index contributed by atoms with van der Waals surface area (Å²) in [4.78, 5) is 11.2. The first-order valence-corrected chi connectivity index (χ1v) is 5.08. The normalized spacial score (nSPS) is 10.5. The number of hydrogen-bond acceptors (Lipinski definition) is 5. The molecule has 0 radical (unpaired) electrons. The van der Waals surface area contributed by atoms with E-state index in [9.17, 15) is 4.79 Å². The van der Waals surface area contributed by atoms with Crippen molar-refractivity contribution in [3.8, 4) is 0 Å². The zero-order valence-corrected chi connectivity index (χ0v) is 9.91. The third-order valence-electron chi connectivity index (χ3n) is 2.36. The molecule has 0 aliphatic carbocycles. The van der Waals surface area contributed by atoms with Gasteiger partial charge in [0.2, 0.25) is 0 Å². The van der Waals surface area contributed by atoms with Crippen molar-refractivity contribution in [3.63, 3.8) is 0 Å². The van der Waals surface area contributed by atoms with Crippen LogP contribution in [0, 0.1) is 6.92 Å². The Morgan fingerprint density at radius 2 is 2.29 bits per heavy atom. The van der Waals surface area contributed by atoms with Gasteiger partial charge in [-0.3, -0.25) is 4.68 Å². The highest BCUT2D eigenvalue weighted by Crippen LogP contribution is 2.04. The van der Waals surface area contributed by atoms with Gasteiger partial charge in [-0.25, -0.2) is 9.48 Å². The number of aryl methyl sites for hydroxylation is 2. The van der Waals surface area contributed by atoms with Crippen LogP contribution >= 0.6 is 0 Å². The predicted molar refractivity (Wildman–Crippen MR) is 58.4 cm³/mol. The topological polar surface area (TPSA) is 74.8 Å². The number of methoxy groups -OCH3 is 1. The van der Waals surface area contributed by atoms with E-state index in [2.05, 4.69) is 20.1 Å². The number of nitrogens with zero attached hydrogens (tertiary/aromatic N) is 5. The van der Waals surface area contributed by atoms with Gasteiger partial charge in [0, 0.05) is 7.05 Å². The molecule has 0 N–H and O–H groups in total. The van der Waals surface area contributed by atoms with Gasteiger partial charge in [-0.1, -0.05) is 5.21 Å². The minimum atomic E-state index is -0.488. The fourth-order valence-corrected chi connectivity index (χ4v) is 1.55. The molecule has 0 aliphatic heterocycles. The molecule has 0 atom stereocenters. The van der Waals surface area contributed by atoms with E-state index < -0.39 is 5.97 Å². The summed E-state index contributed by atoms with van der Waals surface area (Å²) in [6.07, 6.45) is 1.55. The average molecular weight is 235 g/mol. The Labute approximate surface area is 98.0 Å². The lowest BCUT2D eigenvalue weighted by molar-refractivity contribution is 0.0594. The van der Waals surface area contributed by atoms with Crippen molar-refractivity contribution < 1.29 is 9.53 Å². The van der Waals surface area contributed by atoms with Gasteiger partial charge < -0.3 is 4.74 Å². The van der Waals surface area contributed by atoms with Gasteiger partial charge in [-0.15, -0.1) is 5.10 Å². The Kier molecular flexibility index (Phi) is 2.90. The first-order valence-electron chi connectivity index (χ1n) is 5.08. The highest BCUT2D eigenvalue weighted by Gasteiger charge is 2.11. The molecule has 2 aromatic heterocycles. The smallest absolute Gasteiger partial charge is 0.360 e. The number of carbonyl (C=O) groups is 1. The van der Waals surface area contributed by atoms with Crippen molar-refractivity contribution in [2.45, 2.75) is 13.5 Å². The van der Waals surface area contributed by atoms with Crippen LogP contribution in [-0.2, 0) is 18.3 Å². The molecule has 0 saturated heterocycles. The monoisotopic (exact) mass is 235 g/mol. The first-order chi connectivity index (χ1) is 8.10. The SMILES string of the molecule is COC(=O)c1cn(Cc2cc(C)nn2C)nn1. The van der Waals surface area contributed by atoms with Gasteiger partial charge in [0.05, 0.1) is 31.2 Å². The number of esters is 1. The van der Waals surface area contributed by atoms with E-state index in [1.165, 1.54) is 7.11 Å². The van der Waals surface area contributed by atoms with E-state index in [0.29, 0.717) is 6.54 Å². The van der Waals surface area contributed by atoms with Crippen molar-refractivity contribution in [1.82, 2.24) is 24.8 Å². The molecule has 0 fully saturated rings. The molecule has 2 heterocycles. The largest absolute Gasteiger partial charge is 0.464 e. The summed E-state index contributed by atoms with van der Waals surface area (Å²) >= 11 is 0. The maximum Gasteiger partial charge on any atom is 0.360 e. The van der Waals surface area contributed by atoms with Crippen LogP contribution in [0.5, 0.6) is 0 Å². The minimum Gasteiger partial charge on any atom is -0.464 e. The third-order valence-corrected chi connectivity index (χ3v) is 2.36. The van der Waals surface area contributed by atoms with Crippen molar-refractivity contribution >= 4 is 5.97 Å². The van der Waals surface area contributed by atoms with Crippen molar-refractivity contribution in [1.29, 1.82) is 0 Å². The maximum absolute atomic E-state index is 11.2. The molecule has 2 aromatic rings. The summed E-state index contributed by atoms with van der Waals surface area (Å²) < 4.78 is 7.90. The van der Waals surface area contributed by atoms with E-state index in [4.69, 9.17) is 0 Å². The van der Waals surface area contributed by atoms with Gasteiger partial charge >= 0.3 is 5.97 Å². The van der Waals surface area contributed by atoms with Crippen LogP contribution < -0.4 is 0 Å².